The predicted molar refractivity (Wildman–Crippen MR) is 66.2 cm³/mol. The molecule has 0 saturated heterocycles. The van der Waals surface area contributed by atoms with Crippen molar-refractivity contribution in [2.24, 2.45) is 0 Å². The number of thioether (sulfide) groups is 1. The Morgan fingerprint density at radius 2 is 2.06 bits per heavy atom. The number of ketones is 1. The molecule has 2 nitrogen and oxygen atoms in total. The predicted octanol–water partition coefficient (Wildman–Crippen LogP) is 3.11. The average Bonchev–Trinajstić information content (AvgIpc) is 2.48. The van der Waals surface area contributed by atoms with E-state index >= 15 is 0 Å². The summed E-state index contributed by atoms with van der Waals surface area (Å²) >= 11 is 1.62. The van der Waals surface area contributed by atoms with Crippen molar-refractivity contribution in [2.75, 3.05) is 5.32 Å². The van der Waals surface area contributed by atoms with Crippen molar-refractivity contribution in [1.82, 2.24) is 0 Å². The highest BCUT2D eigenvalue weighted by Crippen LogP contribution is 2.40. The minimum atomic E-state index is 0.0605. The minimum Gasteiger partial charge on any atom is -0.360 e. The molecule has 3 heteroatoms. The fourth-order valence-corrected chi connectivity index (χ4v) is 2.73. The summed E-state index contributed by atoms with van der Waals surface area (Å²) in [5.41, 5.74) is 1.78. The Balaban J connectivity index is 2.10. The topological polar surface area (TPSA) is 29.1 Å². The molecular formula is C13H9NOS. The zero-order valence-corrected chi connectivity index (χ0v) is 9.25. The third-order valence-electron chi connectivity index (χ3n) is 2.51. The van der Waals surface area contributed by atoms with E-state index in [1.807, 2.05) is 30.3 Å². The van der Waals surface area contributed by atoms with Gasteiger partial charge < -0.3 is 5.32 Å². The lowest BCUT2D eigenvalue weighted by atomic mass is 10.1. The van der Waals surface area contributed by atoms with Gasteiger partial charge in [0.05, 0.1) is 11.3 Å². The van der Waals surface area contributed by atoms with E-state index in [1.165, 1.54) is 0 Å². The number of benzene rings is 1. The molecule has 16 heavy (non-hydrogen) atoms. The fourth-order valence-electron chi connectivity index (χ4n) is 1.70. The molecule has 1 aliphatic heterocycles. The monoisotopic (exact) mass is 227 g/mol. The fraction of sp³-hybridized carbons (Fsp3) is 0. The van der Waals surface area contributed by atoms with Crippen molar-refractivity contribution in [2.45, 2.75) is 4.90 Å². The Morgan fingerprint density at radius 3 is 3.00 bits per heavy atom. The third kappa shape index (κ3) is 1.49. The van der Waals surface area contributed by atoms with Crippen LogP contribution in [0.3, 0.4) is 0 Å². The van der Waals surface area contributed by atoms with Crippen LogP contribution in [0, 0.1) is 0 Å². The van der Waals surface area contributed by atoms with Crippen molar-refractivity contribution < 1.29 is 4.79 Å². The van der Waals surface area contributed by atoms with Gasteiger partial charge in [0.2, 0.25) is 0 Å². The summed E-state index contributed by atoms with van der Waals surface area (Å²) < 4.78 is 0. The molecule has 0 bridgehead atoms. The first-order valence-corrected chi connectivity index (χ1v) is 5.83. The van der Waals surface area contributed by atoms with Gasteiger partial charge in [-0.3, -0.25) is 4.79 Å². The van der Waals surface area contributed by atoms with Crippen molar-refractivity contribution in [3.63, 3.8) is 0 Å². The van der Waals surface area contributed by atoms with Gasteiger partial charge in [-0.1, -0.05) is 30.0 Å². The first kappa shape index (κ1) is 9.48. The summed E-state index contributed by atoms with van der Waals surface area (Å²) in [5, 5.41) is 3.18. The van der Waals surface area contributed by atoms with E-state index in [0.717, 1.165) is 21.1 Å². The largest absolute Gasteiger partial charge is 0.360 e. The zero-order chi connectivity index (χ0) is 11.0. The Hall–Kier alpha value is -1.74. The molecule has 1 aromatic rings. The van der Waals surface area contributed by atoms with Crippen LogP contribution in [0.15, 0.2) is 64.1 Å². The van der Waals surface area contributed by atoms with Gasteiger partial charge >= 0.3 is 0 Å². The first-order chi connectivity index (χ1) is 7.84. The average molecular weight is 227 g/mol. The van der Waals surface area contributed by atoms with Crippen LogP contribution in [-0.4, -0.2) is 5.78 Å². The molecule has 0 atom stereocenters. The van der Waals surface area contributed by atoms with Gasteiger partial charge in [0, 0.05) is 16.0 Å². The summed E-state index contributed by atoms with van der Waals surface area (Å²) in [4.78, 5) is 13.8. The molecule has 1 aliphatic carbocycles. The van der Waals surface area contributed by atoms with Crippen LogP contribution < -0.4 is 5.32 Å². The number of fused-ring (bicyclic) bond motifs is 2. The van der Waals surface area contributed by atoms with Crippen molar-refractivity contribution in [3.8, 4) is 0 Å². The van der Waals surface area contributed by atoms with Crippen molar-refractivity contribution in [3.05, 3.63) is 59.2 Å². The van der Waals surface area contributed by atoms with E-state index in [1.54, 1.807) is 30.1 Å². The molecule has 0 saturated carbocycles. The van der Waals surface area contributed by atoms with Crippen LogP contribution in [0.2, 0.25) is 0 Å². The molecule has 0 aromatic heterocycles. The normalized spacial score (nSPS) is 17.6. The molecule has 0 unspecified atom stereocenters. The first-order valence-electron chi connectivity index (χ1n) is 5.01. The molecule has 0 radical (unpaired) electrons. The maximum atomic E-state index is 11.7. The molecule has 78 valence electrons. The third-order valence-corrected chi connectivity index (χ3v) is 3.66. The lowest BCUT2D eigenvalue weighted by Crippen LogP contribution is -2.04. The molecular weight excluding hydrogens is 218 g/mol. The summed E-state index contributed by atoms with van der Waals surface area (Å²) in [5.74, 6) is 0.0605. The van der Waals surface area contributed by atoms with E-state index in [2.05, 4.69) is 5.32 Å². The van der Waals surface area contributed by atoms with Crippen LogP contribution in [0.4, 0.5) is 5.69 Å². The molecule has 0 spiro atoms. The van der Waals surface area contributed by atoms with Crippen LogP contribution in [0.1, 0.15) is 0 Å². The Kier molecular flexibility index (Phi) is 2.18. The molecule has 2 aliphatic rings. The number of hydrogen-bond acceptors (Lipinski definition) is 3. The van der Waals surface area contributed by atoms with Gasteiger partial charge in [0.15, 0.2) is 5.78 Å². The number of rotatable bonds is 0. The van der Waals surface area contributed by atoms with Gasteiger partial charge in [0.25, 0.3) is 0 Å². The van der Waals surface area contributed by atoms with E-state index in [0.29, 0.717) is 0 Å². The second-order valence-electron chi connectivity index (χ2n) is 3.55. The molecule has 0 amide bonds. The summed E-state index contributed by atoms with van der Waals surface area (Å²) in [7, 11) is 0. The number of carbonyl (C=O) groups is 1. The standard InChI is InChI=1S/C13H9NOS/c15-11-5-3-7-12-9(11)8-14-10-4-1-2-6-13(10)16-12/h1-8,14H. The maximum Gasteiger partial charge on any atom is 0.188 e. The Morgan fingerprint density at radius 1 is 1.19 bits per heavy atom. The molecule has 1 N–H and O–H groups in total. The zero-order valence-electron chi connectivity index (χ0n) is 8.44. The van der Waals surface area contributed by atoms with E-state index in [4.69, 9.17) is 0 Å². The summed E-state index contributed by atoms with van der Waals surface area (Å²) in [6.07, 6.45) is 7.15. The van der Waals surface area contributed by atoms with Gasteiger partial charge in [-0.05, 0) is 24.3 Å². The number of nitrogens with one attached hydrogen (secondary N) is 1. The van der Waals surface area contributed by atoms with Gasteiger partial charge in [-0.2, -0.15) is 0 Å². The smallest absolute Gasteiger partial charge is 0.188 e. The quantitative estimate of drug-likeness (QED) is 0.738. The SMILES string of the molecule is O=C1C=CC=C2Sc3ccccc3NC=C12. The van der Waals surface area contributed by atoms with Crippen LogP contribution in [0.5, 0.6) is 0 Å². The van der Waals surface area contributed by atoms with Crippen LogP contribution >= 0.6 is 11.8 Å². The second kappa shape index (κ2) is 3.68. The minimum absolute atomic E-state index is 0.0605. The molecule has 0 fully saturated rings. The van der Waals surface area contributed by atoms with E-state index in [9.17, 15) is 4.79 Å². The van der Waals surface area contributed by atoms with E-state index < -0.39 is 0 Å². The number of allylic oxidation sites excluding steroid dienone is 4. The van der Waals surface area contributed by atoms with Crippen molar-refractivity contribution >= 4 is 23.2 Å². The lowest BCUT2D eigenvalue weighted by Gasteiger charge is -2.08. The van der Waals surface area contributed by atoms with Crippen LogP contribution in [0.25, 0.3) is 0 Å². The summed E-state index contributed by atoms with van der Waals surface area (Å²) in [6.45, 7) is 0. The highest BCUT2D eigenvalue weighted by molar-refractivity contribution is 8.03. The molecule has 1 aromatic carbocycles. The van der Waals surface area contributed by atoms with Gasteiger partial charge in [0.1, 0.15) is 0 Å². The summed E-state index contributed by atoms with van der Waals surface area (Å²) in [6, 6.07) is 8.04. The second-order valence-corrected chi connectivity index (χ2v) is 4.64. The number of carbonyl (C=O) groups excluding carboxylic acids is 1. The number of anilines is 1. The number of para-hydroxylation sites is 1. The molecule has 1 heterocycles. The van der Waals surface area contributed by atoms with Crippen molar-refractivity contribution in [1.29, 1.82) is 0 Å². The molecule has 3 rings (SSSR count). The van der Waals surface area contributed by atoms with Gasteiger partial charge in [-0.15, -0.1) is 0 Å². The van der Waals surface area contributed by atoms with Gasteiger partial charge in [-0.25, -0.2) is 0 Å². The Labute approximate surface area is 97.7 Å². The highest BCUT2D eigenvalue weighted by atomic mass is 32.2. The van der Waals surface area contributed by atoms with Crippen LogP contribution in [-0.2, 0) is 4.79 Å². The lowest BCUT2D eigenvalue weighted by molar-refractivity contribution is -0.111. The number of hydrogen-bond donors (Lipinski definition) is 1. The van der Waals surface area contributed by atoms with E-state index in [-0.39, 0.29) is 5.78 Å². The maximum absolute atomic E-state index is 11.7. The highest BCUT2D eigenvalue weighted by Gasteiger charge is 2.19. The Bertz CT molecular complexity index is 555.